The van der Waals surface area contributed by atoms with Crippen molar-refractivity contribution in [2.24, 2.45) is 0 Å². The summed E-state index contributed by atoms with van der Waals surface area (Å²) in [5.41, 5.74) is 7.45. The van der Waals surface area contributed by atoms with Crippen LogP contribution in [-0.2, 0) is 19.3 Å². The molecule has 2 aromatic carbocycles. The van der Waals surface area contributed by atoms with Gasteiger partial charge in [-0.15, -0.1) is 12.4 Å². The molecule has 2 N–H and O–H groups in total. The van der Waals surface area contributed by atoms with Gasteiger partial charge in [0.25, 0.3) is 0 Å². The van der Waals surface area contributed by atoms with Crippen LogP contribution in [0.4, 0.5) is 18.9 Å². The van der Waals surface area contributed by atoms with Crippen LogP contribution in [0.5, 0.6) is 0 Å². The van der Waals surface area contributed by atoms with Gasteiger partial charge >= 0.3 is 6.18 Å². The molecule has 0 amide bonds. The highest BCUT2D eigenvalue weighted by atomic mass is 35.5. The van der Waals surface area contributed by atoms with E-state index >= 15 is 0 Å². The van der Waals surface area contributed by atoms with E-state index in [9.17, 15) is 13.2 Å². The highest BCUT2D eigenvalue weighted by Crippen LogP contribution is 2.29. The Kier molecular flexibility index (Phi) is 6.26. The summed E-state index contributed by atoms with van der Waals surface area (Å²) in [6, 6.07) is 12.9. The monoisotopic (exact) mass is 330 g/mol. The smallest absolute Gasteiger partial charge is 0.399 e. The van der Waals surface area contributed by atoms with Crippen molar-refractivity contribution in [3.05, 3.63) is 65.2 Å². The third-order valence-corrected chi connectivity index (χ3v) is 3.11. The number of hydrogen-bond donors (Lipinski definition) is 1. The molecule has 6 heteroatoms. The van der Waals surface area contributed by atoms with Gasteiger partial charge in [-0.1, -0.05) is 30.3 Å². The molecule has 0 radical (unpaired) electrons. The van der Waals surface area contributed by atoms with Gasteiger partial charge in [0, 0.05) is 18.8 Å². The standard InChI is InChI=1S/C16H17F3N2.ClH/c1-21(11-13-5-3-7-15(20)9-13)10-12-4-2-6-14(8-12)16(17,18)19;/h2-9H,10-11,20H2,1H3;1H. The summed E-state index contributed by atoms with van der Waals surface area (Å²) < 4.78 is 38.0. The Bertz CT molecular complexity index is 614. The summed E-state index contributed by atoms with van der Waals surface area (Å²) in [6.07, 6.45) is -4.30. The lowest BCUT2D eigenvalue weighted by atomic mass is 10.1. The van der Waals surface area contributed by atoms with E-state index in [4.69, 9.17) is 5.73 Å². The summed E-state index contributed by atoms with van der Waals surface area (Å²) in [5, 5.41) is 0. The molecule has 0 unspecified atom stereocenters. The zero-order valence-corrected chi connectivity index (χ0v) is 12.9. The van der Waals surface area contributed by atoms with Crippen molar-refractivity contribution in [3.8, 4) is 0 Å². The predicted molar refractivity (Wildman–Crippen MR) is 84.7 cm³/mol. The fraction of sp³-hybridized carbons (Fsp3) is 0.250. The van der Waals surface area contributed by atoms with Crippen molar-refractivity contribution in [3.63, 3.8) is 0 Å². The number of anilines is 1. The van der Waals surface area contributed by atoms with Gasteiger partial charge in [-0.3, -0.25) is 4.90 Å². The Balaban J connectivity index is 0.00000242. The molecule has 0 heterocycles. The van der Waals surface area contributed by atoms with Crippen LogP contribution < -0.4 is 5.73 Å². The first-order chi connectivity index (χ1) is 9.84. The van der Waals surface area contributed by atoms with E-state index in [1.54, 1.807) is 12.1 Å². The number of nitrogens with zero attached hydrogens (tertiary/aromatic N) is 1. The number of nitrogen functional groups attached to an aromatic ring is 1. The Morgan fingerprint density at radius 3 is 2.05 bits per heavy atom. The number of alkyl halides is 3. The minimum atomic E-state index is -4.30. The Hall–Kier alpha value is -1.72. The number of benzene rings is 2. The summed E-state index contributed by atoms with van der Waals surface area (Å²) in [6.45, 7) is 1.07. The highest BCUT2D eigenvalue weighted by molar-refractivity contribution is 5.85. The van der Waals surface area contributed by atoms with E-state index in [2.05, 4.69) is 0 Å². The van der Waals surface area contributed by atoms with Crippen LogP contribution in [0.2, 0.25) is 0 Å². The van der Waals surface area contributed by atoms with Gasteiger partial charge in [0.15, 0.2) is 0 Å². The van der Waals surface area contributed by atoms with Crippen molar-refractivity contribution in [2.75, 3.05) is 12.8 Å². The van der Waals surface area contributed by atoms with Crippen LogP contribution in [0.1, 0.15) is 16.7 Å². The van der Waals surface area contributed by atoms with Crippen molar-refractivity contribution >= 4 is 18.1 Å². The molecule has 0 saturated carbocycles. The molecule has 0 spiro atoms. The quantitative estimate of drug-likeness (QED) is 0.845. The molecule has 0 atom stereocenters. The van der Waals surface area contributed by atoms with Gasteiger partial charge in [-0.2, -0.15) is 13.2 Å². The summed E-state index contributed by atoms with van der Waals surface area (Å²) >= 11 is 0. The van der Waals surface area contributed by atoms with E-state index in [0.29, 0.717) is 24.3 Å². The minimum absolute atomic E-state index is 0. The average molecular weight is 331 g/mol. The largest absolute Gasteiger partial charge is 0.416 e. The van der Waals surface area contributed by atoms with Crippen molar-refractivity contribution in [2.45, 2.75) is 19.3 Å². The zero-order chi connectivity index (χ0) is 15.5. The lowest BCUT2D eigenvalue weighted by Crippen LogP contribution is -2.17. The minimum Gasteiger partial charge on any atom is -0.399 e. The van der Waals surface area contributed by atoms with Gasteiger partial charge in [0.1, 0.15) is 0 Å². The van der Waals surface area contributed by atoms with E-state index in [-0.39, 0.29) is 12.4 Å². The van der Waals surface area contributed by atoms with Gasteiger partial charge < -0.3 is 5.73 Å². The fourth-order valence-electron chi connectivity index (χ4n) is 2.22. The first-order valence-electron chi connectivity index (χ1n) is 6.54. The number of rotatable bonds is 4. The van der Waals surface area contributed by atoms with Crippen LogP contribution in [-0.4, -0.2) is 11.9 Å². The fourth-order valence-corrected chi connectivity index (χ4v) is 2.22. The molecule has 2 aromatic rings. The molecule has 0 aliphatic carbocycles. The molecule has 2 rings (SSSR count). The first-order valence-corrected chi connectivity index (χ1v) is 6.54. The lowest BCUT2D eigenvalue weighted by molar-refractivity contribution is -0.137. The second kappa shape index (κ2) is 7.51. The highest BCUT2D eigenvalue weighted by Gasteiger charge is 2.30. The Labute approximate surface area is 134 Å². The van der Waals surface area contributed by atoms with Crippen LogP contribution in [0, 0.1) is 0 Å². The molecule has 0 saturated heterocycles. The van der Waals surface area contributed by atoms with Crippen molar-refractivity contribution < 1.29 is 13.2 Å². The van der Waals surface area contributed by atoms with Crippen LogP contribution in [0.25, 0.3) is 0 Å². The van der Waals surface area contributed by atoms with Gasteiger partial charge in [-0.25, -0.2) is 0 Å². The molecule has 2 nitrogen and oxygen atoms in total. The molecule has 22 heavy (non-hydrogen) atoms. The average Bonchev–Trinajstić information content (AvgIpc) is 2.37. The van der Waals surface area contributed by atoms with Gasteiger partial charge in [0.05, 0.1) is 5.56 Å². The maximum atomic E-state index is 12.7. The number of halogens is 4. The molecule has 0 aliphatic heterocycles. The lowest BCUT2D eigenvalue weighted by Gasteiger charge is -2.18. The molecule has 0 aromatic heterocycles. The second-order valence-corrected chi connectivity index (χ2v) is 5.12. The molecule has 0 fully saturated rings. The van der Waals surface area contributed by atoms with Crippen molar-refractivity contribution in [1.29, 1.82) is 0 Å². The SMILES string of the molecule is CN(Cc1cccc(N)c1)Cc1cccc(C(F)(F)F)c1.Cl. The number of hydrogen-bond acceptors (Lipinski definition) is 2. The molecule has 120 valence electrons. The first kappa shape index (κ1) is 18.3. The number of nitrogens with two attached hydrogens (primary N) is 1. The second-order valence-electron chi connectivity index (χ2n) is 5.12. The molecular weight excluding hydrogens is 313 g/mol. The van der Waals surface area contributed by atoms with E-state index < -0.39 is 11.7 Å². The zero-order valence-electron chi connectivity index (χ0n) is 12.1. The van der Waals surface area contributed by atoms with Crippen molar-refractivity contribution in [1.82, 2.24) is 4.90 Å². The summed E-state index contributed by atoms with van der Waals surface area (Å²) in [4.78, 5) is 1.95. The summed E-state index contributed by atoms with van der Waals surface area (Å²) in [5.74, 6) is 0. The van der Waals surface area contributed by atoms with Crippen LogP contribution in [0.15, 0.2) is 48.5 Å². The normalized spacial score (nSPS) is 11.3. The van der Waals surface area contributed by atoms with E-state index in [0.717, 1.165) is 11.6 Å². The third kappa shape index (κ3) is 5.24. The van der Waals surface area contributed by atoms with E-state index in [1.807, 2.05) is 30.1 Å². The predicted octanol–water partition coefficient (Wildman–Crippen LogP) is 4.34. The van der Waals surface area contributed by atoms with Crippen LogP contribution in [0.3, 0.4) is 0 Å². The van der Waals surface area contributed by atoms with Crippen LogP contribution >= 0.6 is 12.4 Å². The van der Waals surface area contributed by atoms with Gasteiger partial charge in [-0.05, 0) is 36.4 Å². The van der Waals surface area contributed by atoms with E-state index in [1.165, 1.54) is 12.1 Å². The maximum absolute atomic E-state index is 12.7. The topological polar surface area (TPSA) is 29.3 Å². The summed E-state index contributed by atoms with van der Waals surface area (Å²) in [7, 11) is 1.86. The maximum Gasteiger partial charge on any atom is 0.416 e. The molecular formula is C16H18ClF3N2. The molecule has 0 bridgehead atoms. The van der Waals surface area contributed by atoms with Gasteiger partial charge in [0.2, 0.25) is 0 Å². The Morgan fingerprint density at radius 2 is 1.50 bits per heavy atom. The third-order valence-electron chi connectivity index (χ3n) is 3.11. The molecule has 0 aliphatic rings. The Morgan fingerprint density at radius 1 is 0.955 bits per heavy atom.